The Hall–Kier alpha value is -4.02. The molecule has 1 aliphatic rings. The number of carbonyl (C=O) groups is 2. The van der Waals surface area contributed by atoms with Gasteiger partial charge in [0.25, 0.3) is 5.91 Å². The molecule has 0 unspecified atom stereocenters. The fraction of sp³-hybridized carbons (Fsp3) is 0.462. The van der Waals surface area contributed by atoms with Gasteiger partial charge in [-0.2, -0.15) is 0 Å². The molecule has 11 nitrogen and oxygen atoms in total. The first-order valence-corrected chi connectivity index (χ1v) is 12.5. The normalized spacial score (nSPS) is 13.0. The monoisotopic (exact) mass is 506 g/mol. The van der Waals surface area contributed by atoms with Crippen molar-refractivity contribution in [1.29, 1.82) is 0 Å². The van der Waals surface area contributed by atoms with Gasteiger partial charge in [-0.3, -0.25) is 9.69 Å². The van der Waals surface area contributed by atoms with E-state index < -0.39 is 11.7 Å². The van der Waals surface area contributed by atoms with Crippen LogP contribution >= 0.6 is 0 Å². The molecule has 2 amide bonds. The van der Waals surface area contributed by atoms with Gasteiger partial charge in [0, 0.05) is 25.7 Å². The lowest BCUT2D eigenvalue weighted by Gasteiger charge is -2.21. The second-order valence-corrected chi connectivity index (χ2v) is 9.94. The van der Waals surface area contributed by atoms with Crippen molar-refractivity contribution in [2.45, 2.75) is 66.3 Å². The summed E-state index contributed by atoms with van der Waals surface area (Å²) in [5.74, 6) is 1.66. The van der Waals surface area contributed by atoms with E-state index in [1.807, 2.05) is 56.3 Å². The average molecular weight is 507 g/mol. The van der Waals surface area contributed by atoms with Gasteiger partial charge in [-0.25, -0.2) is 14.8 Å². The highest BCUT2D eigenvalue weighted by molar-refractivity contribution is 6.10. The van der Waals surface area contributed by atoms with Crippen molar-refractivity contribution in [3.8, 4) is 11.5 Å². The molecule has 1 aliphatic heterocycles. The van der Waals surface area contributed by atoms with E-state index in [1.165, 1.54) is 0 Å². The van der Waals surface area contributed by atoms with Crippen LogP contribution in [0.5, 0.6) is 0 Å². The van der Waals surface area contributed by atoms with Crippen LogP contribution in [-0.4, -0.2) is 55.9 Å². The molecule has 0 atom stereocenters. The minimum Gasteiger partial charge on any atom is -0.444 e. The predicted octanol–water partition coefficient (Wildman–Crippen LogP) is 3.79. The van der Waals surface area contributed by atoms with Gasteiger partial charge in [0.2, 0.25) is 0 Å². The van der Waals surface area contributed by atoms with Gasteiger partial charge in [-0.05, 0) is 52.3 Å². The van der Waals surface area contributed by atoms with Gasteiger partial charge in [0.1, 0.15) is 29.3 Å². The molecule has 11 heteroatoms. The minimum absolute atomic E-state index is 0.136. The van der Waals surface area contributed by atoms with Crippen LogP contribution in [0.4, 0.5) is 16.4 Å². The van der Waals surface area contributed by atoms with Crippen LogP contribution in [0.1, 0.15) is 62.7 Å². The third kappa shape index (κ3) is 5.71. The minimum atomic E-state index is -0.617. The third-order valence-corrected chi connectivity index (χ3v) is 5.97. The number of carbonyl (C=O) groups excluding carboxylic acids is 2. The largest absolute Gasteiger partial charge is 0.444 e. The molecular formula is C26H34N8O3. The molecular weight excluding hydrogens is 472 g/mol. The van der Waals surface area contributed by atoms with Crippen molar-refractivity contribution in [1.82, 2.24) is 30.0 Å². The Morgan fingerprint density at radius 3 is 2.70 bits per heavy atom. The van der Waals surface area contributed by atoms with E-state index in [9.17, 15) is 9.59 Å². The molecule has 196 valence electrons. The van der Waals surface area contributed by atoms with E-state index in [4.69, 9.17) is 14.7 Å². The van der Waals surface area contributed by atoms with Crippen LogP contribution < -0.4 is 15.1 Å². The van der Waals surface area contributed by atoms with Crippen LogP contribution in [0.15, 0.2) is 30.6 Å². The number of alkyl carbamates (subject to hydrolysis) is 1. The van der Waals surface area contributed by atoms with Crippen LogP contribution in [-0.2, 0) is 24.4 Å². The summed E-state index contributed by atoms with van der Waals surface area (Å²) in [6.45, 7) is 11.4. The van der Waals surface area contributed by atoms with E-state index in [-0.39, 0.29) is 12.5 Å². The number of anilines is 2. The second kappa shape index (κ2) is 10.5. The molecule has 0 aromatic carbocycles. The van der Waals surface area contributed by atoms with Crippen LogP contribution in [0, 0.1) is 0 Å². The molecule has 0 bridgehead atoms. The number of aryl methyl sites for hydroxylation is 1. The van der Waals surface area contributed by atoms with Gasteiger partial charge in [-0.15, -0.1) is 10.2 Å². The topological polar surface area (TPSA) is 118 Å². The van der Waals surface area contributed by atoms with Crippen molar-refractivity contribution in [2.24, 2.45) is 0 Å². The Morgan fingerprint density at radius 2 is 2.00 bits per heavy atom. The number of hydrogen-bond donors (Lipinski definition) is 1. The summed E-state index contributed by atoms with van der Waals surface area (Å²) in [7, 11) is 1.91. The summed E-state index contributed by atoms with van der Waals surface area (Å²) in [6.07, 6.45) is 2.08. The Bertz CT molecular complexity index is 1300. The maximum Gasteiger partial charge on any atom is 0.407 e. The number of fused-ring (bicyclic) bond motifs is 1. The first-order valence-electron chi connectivity index (χ1n) is 12.5. The van der Waals surface area contributed by atoms with E-state index in [0.29, 0.717) is 47.5 Å². The van der Waals surface area contributed by atoms with Gasteiger partial charge in [0.15, 0.2) is 5.82 Å². The highest BCUT2D eigenvalue weighted by atomic mass is 16.6. The molecule has 0 radical (unpaired) electrons. The molecule has 0 fully saturated rings. The van der Waals surface area contributed by atoms with E-state index >= 15 is 0 Å². The zero-order valence-electron chi connectivity index (χ0n) is 22.3. The first kappa shape index (κ1) is 26.1. The lowest BCUT2D eigenvalue weighted by molar-refractivity contribution is 0.0522. The number of ether oxygens (including phenoxy) is 1. The van der Waals surface area contributed by atoms with Gasteiger partial charge >= 0.3 is 6.09 Å². The summed E-state index contributed by atoms with van der Waals surface area (Å²) >= 11 is 0. The Kier molecular flexibility index (Phi) is 7.42. The Labute approximate surface area is 216 Å². The van der Waals surface area contributed by atoms with Gasteiger partial charge in [0.05, 0.1) is 24.3 Å². The number of hydrogen-bond acceptors (Lipinski definition) is 8. The SMILES string of the molecule is CCCn1cnnc1-c1cccc(N2Cc3c(cc(N(C)CC)nc3CNC(=O)OC(C)(C)C)C2=O)n1. The molecule has 0 spiro atoms. The van der Waals surface area contributed by atoms with E-state index in [0.717, 1.165) is 18.5 Å². The number of nitrogens with one attached hydrogen (secondary N) is 1. The summed E-state index contributed by atoms with van der Waals surface area (Å²) in [5, 5.41) is 11.0. The van der Waals surface area contributed by atoms with Crippen LogP contribution in [0.25, 0.3) is 11.5 Å². The average Bonchev–Trinajstić information content (AvgIpc) is 3.46. The molecule has 4 rings (SSSR count). The Morgan fingerprint density at radius 1 is 1.22 bits per heavy atom. The maximum absolute atomic E-state index is 13.6. The summed E-state index contributed by atoms with van der Waals surface area (Å²) in [6, 6.07) is 7.33. The number of amides is 2. The Balaban J connectivity index is 1.65. The number of pyridine rings is 2. The highest BCUT2D eigenvalue weighted by Crippen LogP contribution is 2.32. The van der Waals surface area contributed by atoms with Crippen molar-refractivity contribution in [2.75, 3.05) is 23.4 Å². The molecule has 3 aromatic heterocycles. The summed E-state index contributed by atoms with van der Waals surface area (Å²) in [4.78, 5) is 39.0. The summed E-state index contributed by atoms with van der Waals surface area (Å²) in [5.41, 5.74) is 1.95. The molecule has 37 heavy (non-hydrogen) atoms. The van der Waals surface area contributed by atoms with Crippen molar-refractivity contribution in [3.63, 3.8) is 0 Å². The fourth-order valence-electron chi connectivity index (χ4n) is 4.07. The standard InChI is InChI=1S/C26H34N8O3/c1-7-12-33-16-28-31-23(33)19-10-9-11-21(29-19)34-15-18-17(24(34)35)13-22(32(6)8-2)30-20(18)14-27-25(36)37-26(3,4)5/h9-11,13,16H,7-8,12,14-15H2,1-6H3,(H,27,36). The number of rotatable bonds is 8. The third-order valence-electron chi connectivity index (χ3n) is 5.97. The number of aromatic nitrogens is 5. The highest BCUT2D eigenvalue weighted by Gasteiger charge is 2.33. The quantitative estimate of drug-likeness (QED) is 0.490. The fourth-order valence-corrected chi connectivity index (χ4v) is 4.07. The lowest BCUT2D eigenvalue weighted by atomic mass is 10.1. The smallest absolute Gasteiger partial charge is 0.407 e. The zero-order chi connectivity index (χ0) is 26.7. The summed E-state index contributed by atoms with van der Waals surface area (Å²) < 4.78 is 7.32. The second-order valence-electron chi connectivity index (χ2n) is 9.94. The van der Waals surface area contributed by atoms with Crippen molar-refractivity contribution < 1.29 is 14.3 Å². The van der Waals surface area contributed by atoms with Crippen LogP contribution in [0.3, 0.4) is 0 Å². The van der Waals surface area contributed by atoms with Crippen LogP contribution in [0.2, 0.25) is 0 Å². The molecule has 0 saturated carbocycles. The molecule has 1 N–H and O–H groups in total. The molecule has 3 aromatic rings. The van der Waals surface area contributed by atoms with Crippen molar-refractivity contribution >= 4 is 23.6 Å². The first-order chi connectivity index (χ1) is 17.6. The molecule has 4 heterocycles. The van der Waals surface area contributed by atoms with Gasteiger partial charge in [-0.1, -0.05) is 13.0 Å². The van der Waals surface area contributed by atoms with Crippen molar-refractivity contribution in [3.05, 3.63) is 47.4 Å². The zero-order valence-corrected chi connectivity index (χ0v) is 22.3. The van der Waals surface area contributed by atoms with E-state index in [1.54, 1.807) is 23.4 Å². The van der Waals surface area contributed by atoms with E-state index in [2.05, 4.69) is 22.4 Å². The molecule has 0 aliphatic carbocycles. The van der Waals surface area contributed by atoms with Gasteiger partial charge < -0.3 is 19.5 Å². The molecule has 0 saturated heterocycles. The predicted molar refractivity (Wildman–Crippen MR) is 140 cm³/mol. The lowest BCUT2D eigenvalue weighted by Crippen LogP contribution is -2.32. The number of nitrogens with zero attached hydrogens (tertiary/aromatic N) is 7. The maximum atomic E-state index is 13.6.